The van der Waals surface area contributed by atoms with Crippen molar-refractivity contribution in [2.75, 3.05) is 0 Å². The third kappa shape index (κ3) is 2.90. The quantitative estimate of drug-likeness (QED) is 0.670. The number of hydrogen-bond donors (Lipinski definition) is 0. The van der Waals surface area contributed by atoms with E-state index < -0.39 is 11.6 Å². The smallest absolute Gasteiger partial charge is 0.129 e. The molecule has 2 aromatic rings. The van der Waals surface area contributed by atoms with Crippen molar-refractivity contribution in [2.24, 2.45) is 0 Å². The molecule has 2 aromatic carbocycles. The van der Waals surface area contributed by atoms with E-state index in [1.54, 1.807) is 6.07 Å². The lowest BCUT2D eigenvalue weighted by molar-refractivity contribution is 0.554. The number of alkyl halides is 1. The Balaban J connectivity index is 2.27. The van der Waals surface area contributed by atoms with Gasteiger partial charge in [0, 0.05) is 15.4 Å². The Labute approximate surface area is 118 Å². The highest BCUT2D eigenvalue weighted by Crippen LogP contribution is 2.33. The molecular weight excluding hydrogens is 322 g/mol. The Hall–Kier alpha value is -0.930. The fourth-order valence-electron chi connectivity index (χ4n) is 1.75. The zero-order valence-corrected chi connectivity index (χ0v) is 11.7. The maximum Gasteiger partial charge on any atom is 0.129 e. The molecule has 0 heterocycles. The average molecular weight is 332 g/mol. The van der Waals surface area contributed by atoms with Crippen molar-refractivity contribution in [3.05, 3.63) is 70.2 Å². The first-order valence-corrected chi connectivity index (χ1v) is 6.70. The molecule has 0 fully saturated rings. The van der Waals surface area contributed by atoms with Gasteiger partial charge in [-0.1, -0.05) is 51.8 Å². The normalized spacial score (nSPS) is 12.4. The summed E-state index contributed by atoms with van der Waals surface area (Å²) in [7, 11) is 0. The first-order chi connectivity index (χ1) is 8.59. The third-order valence-corrected chi connectivity index (χ3v) is 3.85. The van der Waals surface area contributed by atoms with Crippen LogP contribution in [0.3, 0.4) is 0 Å². The van der Waals surface area contributed by atoms with E-state index in [0.29, 0.717) is 5.02 Å². The van der Waals surface area contributed by atoms with Crippen molar-refractivity contribution < 1.29 is 8.78 Å². The van der Waals surface area contributed by atoms with Gasteiger partial charge in [-0.25, -0.2) is 8.78 Å². The van der Waals surface area contributed by atoms with Crippen LogP contribution in [0.1, 0.15) is 16.0 Å². The molecule has 0 aliphatic rings. The summed E-state index contributed by atoms with van der Waals surface area (Å²) in [6, 6.07) is 11.1. The number of rotatable bonds is 3. The lowest BCUT2D eigenvalue weighted by atomic mass is 10.0. The summed E-state index contributed by atoms with van der Waals surface area (Å²) in [5.41, 5.74) is 0.890. The first kappa shape index (κ1) is 13.5. The SMILES string of the molecule is Fc1cccc(F)c1CC(Br)c1ccccc1Cl. The lowest BCUT2D eigenvalue weighted by Crippen LogP contribution is -2.01. The second-order valence-electron chi connectivity index (χ2n) is 3.89. The van der Waals surface area contributed by atoms with Crippen molar-refractivity contribution in [2.45, 2.75) is 11.2 Å². The Bertz CT molecular complexity index is 537. The summed E-state index contributed by atoms with van der Waals surface area (Å²) < 4.78 is 27.1. The molecule has 0 saturated carbocycles. The van der Waals surface area contributed by atoms with Gasteiger partial charge in [0.15, 0.2) is 0 Å². The standard InChI is InChI=1S/C14H10BrClF2/c15-11(9-4-1-2-5-12(9)16)8-10-13(17)6-3-7-14(10)18/h1-7,11H,8H2. The Kier molecular flexibility index (Phi) is 4.36. The van der Waals surface area contributed by atoms with E-state index >= 15 is 0 Å². The van der Waals surface area contributed by atoms with Gasteiger partial charge in [0.2, 0.25) is 0 Å². The minimum atomic E-state index is -0.536. The van der Waals surface area contributed by atoms with Crippen molar-refractivity contribution >= 4 is 27.5 Å². The molecule has 94 valence electrons. The van der Waals surface area contributed by atoms with E-state index in [1.807, 2.05) is 18.2 Å². The molecular formula is C14H10BrClF2. The predicted molar refractivity (Wildman–Crippen MR) is 73.2 cm³/mol. The van der Waals surface area contributed by atoms with Crippen molar-refractivity contribution in [1.82, 2.24) is 0 Å². The van der Waals surface area contributed by atoms with Crippen LogP contribution in [0.4, 0.5) is 8.78 Å². The summed E-state index contributed by atoms with van der Waals surface area (Å²) in [6.07, 6.45) is 0.211. The Morgan fingerprint density at radius 3 is 2.22 bits per heavy atom. The molecule has 1 atom stereocenters. The second-order valence-corrected chi connectivity index (χ2v) is 5.41. The van der Waals surface area contributed by atoms with E-state index in [1.165, 1.54) is 18.2 Å². The fourth-order valence-corrected chi connectivity index (χ4v) is 2.87. The fraction of sp³-hybridized carbons (Fsp3) is 0.143. The van der Waals surface area contributed by atoms with Crippen LogP contribution in [0.2, 0.25) is 5.02 Å². The largest absolute Gasteiger partial charge is 0.207 e. The van der Waals surface area contributed by atoms with Crippen molar-refractivity contribution in [3.63, 3.8) is 0 Å². The van der Waals surface area contributed by atoms with Crippen LogP contribution in [0, 0.1) is 11.6 Å². The number of halogens is 4. The molecule has 0 amide bonds. The monoisotopic (exact) mass is 330 g/mol. The van der Waals surface area contributed by atoms with Gasteiger partial charge < -0.3 is 0 Å². The van der Waals surface area contributed by atoms with Crippen LogP contribution >= 0.6 is 27.5 Å². The van der Waals surface area contributed by atoms with E-state index in [4.69, 9.17) is 11.6 Å². The van der Waals surface area contributed by atoms with Crippen LogP contribution in [-0.4, -0.2) is 0 Å². The predicted octanol–water partition coefficient (Wildman–Crippen LogP) is 5.30. The van der Waals surface area contributed by atoms with E-state index in [0.717, 1.165) is 5.56 Å². The summed E-state index contributed by atoms with van der Waals surface area (Å²) in [4.78, 5) is -0.224. The molecule has 2 rings (SSSR count). The van der Waals surface area contributed by atoms with Gasteiger partial charge in [-0.05, 0) is 30.2 Å². The molecule has 0 N–H and O–H groups in total. The van der Waals surface area contributed by atoms with E-state index in [2.05, 4.69) is 15.9 Å². The van der Waals surface area contributed by atoms with Crippen LogP contribution in [0.25, 0.3) is 0 Å². The van der Waals surface area contributed by atoms with Gasteiger partial charge in [-0.3, -0.25) is 0 Å². The molecule has 0 bridgehead atoms. The molecule has 4 heteroatoms. The molecule has 0 spiro atoms. The maximum atomic E-state index is 13.5. The highest BCUT2D eigenvalue weighted by Gasteiger charge is 2.16. The molecule has 0 aliphatic heterocycles. The van der Waals surface area contributed by atoms with Gasteiger partial charge in [0.25, 0.3) is 0 Å². The summed E-state index contributed by atoms with van der Waals surface area (Å²) in [5, 5.41) is 0.580. The Morgan fingerprint density at radius 1 is 1.00 bits per heavy atom. The molecule has 0 aliphatic carbocycles. The molecule has 0 radical (unpaired) electrons. The summed E-state index contributed by atoms with van der Waals surface area (Å²) in [6.45, 7) is 0. The molecule has 18 heavy (non-hydrogen) atoms. The topological polar surface area (TPSA) is 0 Å². The first-order valence-electron chi connectivity index (χ1n) is 5.41. The van der Waals surface area contributed by atoms with E-state index in [-0.39, 0.29) is 16.8 Å². The zero-order valence-electron chi connectivity index (χ0n) is 9.34. The summed E-state index contributed by atoms with van der Waals surface area (Å²) >= 11 is 9.47. The van der Waals surface area contributed by atoms with Crippen molar-refractivity contribution in [1.29, 1.82) is 0 Å². The lowest BCUT2D eigenvalue weighted by Gasteiger charge is -2.13. The molecule has 1 unspecified atom stereocenters. The zero-order chi connectivity index (χ0) is 13.1. The molecule has 0 nitrogen and oxygen atoms in total. The Morgan fingerprint density at radius 2 is 1.61 bits per heavy atom. The van der Waals surface area contributed by atoms with Crippen molar-refractivity contribution in [3.8, 4) is 0 Å². The van der Waals surface area contributed by atoms with Crippen LogP contribution in [0.15, 0.2) is 42.5 Å². The van der Waals surface area contributed by atoms with Gasteiger partial charge in [-0.2, -0.15) is 0 Å². The number of benzene rings is 2. The van der Waals surface area contributed by atoms with Crippen LogP contribution in [0.5, 0.6) is 0 Å². The van der Waals surface area contributed by atoms with Gasteiger partial charge in [0.05, 0.1) is 0 Å². The second kappa shape index (κ2) is 5.81. The average Bonchev–Trinajstić information content (AvgIpc) is 2.34. The maximum absolute atomic E-state index is 13.5. The highest BCUT2D eigenvalue weighted by molar-refractivity contribution is 9.09. The van der Waals surface area contributed by atoms with Crippen LogP contribution in [-0.2, 0) is 6.42 Å². The minimum Gasteiger partial charge on any atom is -0.207 e. The van der Waals surface area contributed by atoms with Crippen LogP contribution < -0.4 is 0 Å². The molecule has 0 saturated heterocycles. The van der Waals surface area contributed by atoms with Gasteiger partial charge in [0.1, 0.15) is 11.6 Å². The minimum absolute atomic E-state index is 0.0688. The molecule has 0 aromatic heterocycles. The van der Waals surface area contributed by atoms with Gasteiger partial charge in [-0.15, -0.1) is 0 Å². The van der Waals surface area contributed by atoms with Gasteiger partial charge >= 0.3 is 0 Å². The summed E-state index contributed by atoms with van der Waals surface area (Å²) in [5.74, 6) is -1.07. The third-order valence-electron chi connectivity index (χ3n) is 2.69. The van der Waals surface area contributed by atoms with E-state index in [9.17, 15) is 8.78 Å². The highest BCUT2D eigenvalue weighted by atomic mass is 79.9. The number of hydrogen-bond acceptors (Lipinski definition) is 0.